The van der Waals surface area contributed by atoms with Crippen molar-refractivity contribution >= 4 is 11.6 Å². The van der Waals surface area contributed by atoms with Gasteiger partial charge in [-0.05, 0) is 42.7 Å². The lowest BCUT2D eigenvalue weighted by molar-refractivity contribution is -0.0594. The third kappa shape index (κ3) is 3.14. The van der Waals surface area contributed by atoms with Gasteiger partial charge in [0.1, 0.15) is 23.6 Å². The summed E-state index contributed by atoms with van der Waals surface area (Å²) in [4.78, 5) is 13.8. The number of piperidine rings is 1. The normalized spacial score (nSPS) is 27.2. The van der Waals surface area contributed by atoms with Gasteiger partial charge in [-0.25, -0.2) is 9.97 Å². The van der Waals surface area contributed by atoms with Crippen LogP contribution in [0.4, 0.5) is 11.6 Å². The number of hydrogen-bond acceptors (Lipinski definition) is 6. The summed E-state index contributed by atoms with van der Waals surface area (Å²) in [6, 6.07) is 10.8. The molecule has 1 aliphatic carbocycles. The van der Waals surface area contributed by atoms with Crippen LogP contribution in [0.1, 0.15) is 30.4 Å². The molecule has 2 unspecified atom stereocenters. The second kappa shape index (κ2) is 7.33. The zero-order valence-corrected chi connectivity index (χ0v) is 16.3. The van der Waals surface area contributed by atoms with Crippen molar-refractivity contribution < 1.29 is 9.84 Å². The van der Waals surface area contributed by atoms with Gasteiger partial charge in [-0.15, -0.1) is 0 Å². The van der Waals surface area contributed by atoms with Gasteiger partial charge >= 0.3 is 0 Å². The first-order chi connectivity index (χ1) is 13.8. The Morgan fingerprint density at radius 1 is 1.14 bits per heavy atom. The van der Waals surface area contributed by atoms with Gasteiger partial charge in [0, 0.05) is 32.3 Å². The first-order valence-corrected chi connectivity index (χ1v) is 10.4. The van der Waals surface area contributed by atoms with Crippen molar-refractivity contribution in [2.24, 2.45) is 5.92 Å². The topological polar surface area (TPSA) is 61.7 Å². The number of hydrogen-bond donors (Lipinski definition) is 1. The predicted octanol–water partition coefficient (Wildman–Crippen LogP) is 2.36. The summed E-state index contributed by atoms with van der Waals surface area (Å²) in [5.41, 5.74) is 2.54. The molecule has 6 nitrogen and oxygen atoms in total. The molecule has 1 N–H and O–H groups in total. The smallest absolute Gasteiger partial charge is 0.134 e. The summed E-state index contributed by atoms with van der Waals surface area (Å²) < 4.78 is 6.36. The highest BCUT2D eigenvalue weighted by atomic mass is 16.5. The number of rotatable bonds is 3. The zero-order valence-electron chi connectivity index (χ0n) is 16.3. The van der Waals surface area contributed by atoms with Crippen LogP contribution in [0.5, 0.6) is 0 Å². The molecule has 2 fully saturated rings. The van der Waals surface area contributed by atoms with Crippen molar-refractivity contribution in [2.75, 3.05) is 49.2 Å². The summed E-state index contributed by atoms with van der Waals surface area (Å²) in [5.74, 6) is 2.28. The van der Waals surface area contributed by atoms with E-state index in [0.717, 1.165) is 63.5 Å². The molecule has 6 heteroatoms. The standard InChI is InChI=1S/C22H28N4O2/c27-14-17-4-3-9-25(13-17)20-12-21(24-16-23-20)26-10-11-28-22(15-26)8-7-18-5-1-2-6-19(18)22/h1-2,5-6,12,16-17,27H,3-4,7-11,13-15H2. The van der Waals surface area contributed by atoms with E-state index in [1.165, 1.54) is 11.1 Å². The maximum Gasteiger partial charge on any atom is 0.134 e. The highest BCUT2D eigenvalue weighted by molar-refractivity contribution is 5.52. The molecule has 2 aromatic rings. The number of aliphatic hydroxyl groups is 1. The Balaban J connectivity index is 1.38. The van der Waals surface area contributed by atoms with Crippen molar-refractivity contribution in [3.05, 3.63) is 47.8 Å². The molecule has 2 aliphatic heterocycles. The highest BCUT2D eigenvalue weighted by Crippen LogP contribution is 2.42. The van der Waals surface area contributed by atoms with Gasteiger partial charge in [0.25, 0.3) is 0 Å². The quantitative estimate of drug-likeness (QED) is 0.882. The molecule has 0 amide bonds. The van der Waals surface area contributed by atoms with E-state index in [1.807, 2.05) is 0 Å². The largest absolute Gasteiger partial charge is 0.396 e. The number of aromatic nitrogens is 2. The monoisotopic (exact) mass is 380 g/mol. The summed E-state index contributed by atoms with van der Waals surface area (Å²) >= 11 is 0. The average Bonchev–Trinajstić information content (AvgIpc) is 3.12. The van der Waals surface area contributed by atoms with Gasteiger partial charge in [-0.1, -0.05) is 24.3 Å². The molecule has 0 radical (unpaired) electrons. The van der Waals surface area contributed by atoms with Crippen molar-refractivity contribution in [3.8, 4) is 0 Å². The second-order valence-electron chi connectivity index (χ2n) is 8.29. The van der Waals surface area contributed by atoms with E-state index < -0.39 is 0 Å². The molecule has 0 saturated carbocycles. The third-order valence-electron chi connectivity index (χ3n) is 6.56. The van der Waals surface area contributed by atoms with E-state index >= 15 is 0 Å². The Morgan fingerprint density at radius 3 is 2.89 bits per heavy atom. The number of benzene rings is 1. The van der Waals surface area contributed by atoms with Gasteiger partial charge in [-0.3, -0.25) is 0 Å². The van der Waals surface area contributed by atoms with Crippen LogP contribution in [-0.2, 0) is 16.8 Å². The number of fused-ring (bicyclic) bond motifs is 2. The van der Waals surface area contributed by atoms with E-state index in [2.05, 4.69) is 50.1 Å². The second-order valence-corrected chi connectivity index (χ2v) is 8.29. The molecular formula is C22H28N4O2. The predicted molar refractivity (Wildman–Crippen MR) is 109 cm³/mol. The maximum absolute atomic E-state index is 9.53. The summed E-state index contributed by atoms with van der Waals surface area (Å²) in [7, 11) is 0. The molecule has 148 valence electrons. The van der Waals surface area contributed by atoms with Gasteiger partial charge in [0.2, 0.25) is 0 Å². The Kier molecular flexibility index (Phi) is 4.69. The van der Waals surface area contributed by atoms with Crippen LogP contribution in [0.3, 0.4) is 0 Å². The van der Waals surface area contributed by atoms with E-state index in [9.17, 15) is 5.11 Å². The minimum absolute atomic E-state index is 0.215. The molecule has 0 bridgehead atoms. The van der Waals surface area contributed by atoms with Crippen molar-refractivity contribution in [3.63, 3.8) is 0 Å². The third-order valence-corrected chi connectivity index (χ3v) is 6.56. The molecule has 5 rings (SSSR count). The van der Waals surface area contributed by atoms with Crippen LogP contribution >= 0.6 is 0 Å². The lowest BCUT2D eigenvalue weighted by Gasteiger charge is -2.42. The van der Waals surface area contributed by atoms with E-state index in [4.69, 9.17) is 4.74 Å². The van der Waals surface area contributed by atoms with Crippen LogP contribution in [-0.4, -0.2) is 54.5 Å². The summed E-state index contributed by atoms with van der Waals surface area (Å²) in [6.45, 7) is 4.50. The van der Waals surface area contributed by atoms with Crippen LogP contribution in [0.15, 0.2) is 36.7 Å². The van der Waals surface area contributed by atoms with Crippen molar-refractivity contribution in [1.29, 1.82) is 0 Å². The number of nitrogens with zero attached hydrogens (tertiary/aromatic N) is 4. The first-order valence-electron chi connectivity index (χ1n) is 10.4. The van der Waals surface area contributed by atoms with E-state index in [-0.39, 0.29) is 12.2 Å². The summed E-state index contributed by atoms with van der Waals surface area (Å²) in [5, 5.41) is 9.53. The lowest BCUT2D eigenvalue weighted by Crippen LogP contribution is -2.49. The van der Waals surface area contributed by atoms with Crippen molar-refractivity contribution in [2.45, 2.75) is 31.3 Å². The maximum atomic E-state index is 9.53. The fourth-order valence-corrected chi connectivity index (χ4v) is 5.05. The van der Waals surface area contributed by atoms with Crippen molar-refractivity contribution in [1.82, 2.24) is 9.97 Å². The van der Waals surface area contributed by atoms with Crippen LogP contribution < -0.4 is 9.80 Å². The van der Waals surface area contributed by atoms with Gasteiger partial charge in [-0.2, -0.15) is 0 Å². The highest BCUT2D eigenvalue weighted by Gasteiger charge is 2.43. The lowest BCUT2D eigenvalue weighted by atomic mass is 9.93. The number of aliphatic hydroxyl groups excluding tert-OH is 1. The molecule has 1 aromatic heterocycles. The van der Waals surface area contributed by atoms with E-state index in [0.29, 0.717) is 12.5 Å². The van der Waals surface area contributed by atoms with Crippen LogP contribution in [0.2, 0.25) is 0 Å². The first kappa shape index (κ1) is 17.9. The van der Waals surface area contributed by atoms with Gasteiger partial charge in [0.05, 0.1) is 13.2 Å². The minimum Gasteiger partial charge on any atom is -0.396 e. The fourth-order valence-electron chi connectivity index (χ4n) is 5.05. The van der Waals surface area contributed by atoms with Crippen LogP contribution in [0, 0.1) is 5.92 Å². The molecule has 2 atom stereocenters. The van der Waals surface area contributed by atoms with Gasteiger partial charge < -0.3 is 19.6 Å². The number of morpholine rings is 1. The van der Waals surface area contributed by atoms with Gasteiger partial charge in [0.15, 0.2) is 0 Å². The van der Waals surface area contributed by atoms with E-state index in [1.54, 1.807) is 6.33 Å². The molecule has 1 aromatic carbocycles. The molecule has 1 spiro atoms. The Hall–Kier alpha value is -2.18. The molecule has 28 heavy (non-hydrogen) atoms. The Bertz CT molecular complexity index is 841. The number of ether oxygens (including phenoxy) is 1. The Labute approximate surface area is 166 Å². The number of anilines is 2. The molecular weight excluding hydrogens is 352 g/mol. The number of aryl methyl sites for hydroxylation is 1. The average molecular weight is 380 g/mol. The molecule has 2 saturated heterocycles. The minimum atomic E-state index is -0.215. The Morgan fingerprint density at radius 2 is 2.00 bits per heavy atom. The zero-order chi connectivity index (χ0) is 19.0. The molecule has 3 aliphatic rings. The molecule has 3 heterocycles. The summed E-state index contributed by atoms with van der Waals surface area (Å²) in [6.07, 6.45) is 5.98. The van der Waals surface area contributed by atoms with Crippen LogP contribution in [0.25, 0.3) is 0 Å². The SMILES string of the molecule is OCC1CCCN(c2cc(N3CCOC4(CCc5ccccc54)C3)ncn2)C1. The fraction of sp³-hybridized carbons (Fsp3) is 0.545.